The first-order chi connectivity index (χ1) is 6.29. The van der Waals surface area contributed by atoms with E-state index in [0.717, 1.165) is 17.8 Å². The van der Waals surface area contributed by atoms with E-state index in [0.29, 0.717) is 0 Å². The molecule has 3 unspecified atom stereocenters. The Morgan fingerprint density at radius 1 is 1.23 bits per heavy atom. The first-order valence-corrected chi connectivity index (χ1v) is 5.62. The third-order valence-corrected chi connectivity index (χ3v) is 3.83. The van der Waals surface area contributed by atoms with Crippen LogP contribution in [-0.4, -0.2) is 38.6 Å². The minimum Gasteiger partial charge on any atom is -0.319 e. The van der Waals surface area contributed by atoms with Crippen LogP contribution in [0.2, 0.25) is 0 Å². The van der Waals surface area contributed by atoms with E-state index in [9.17, 15) is 0 Å². The highest BCUT2D eigenvalue weighted by atomic mass is 15.1. The van der Waals surface area contributed by atoms with Gasteiger partial charge in [0.05, 0.1) is 0 Å². The fourth-order valence-electron chi connectivity index (χ4n) is 3.24. The molecule has 0 amide bonds. The summed E-state index contributed by atoms with van der Waals surface area (Å²) in [6.07, 6.45) is 4.40. The van der Waals surface area contributed by atoms with Gasteiger partial charge >= 0.3 is 0 Å². The van der Waals surface area contributed by atoms with E-state index in [1.54, 1.807) is 0 Å². The molecule has 0 aromatic rings. The first-order valence-electron chi connectivity index (χ1n) is 5.62. The fourth-order valence-corrected chi connectivity index (χ4v) is 3.24. The third kappa shape index (κ3) is 2.05. The van der Waals surface area contributed by atoms with E-state index >= 15 is 0 Å². The maximum Gasteiger partial charge on any atom is 0.000996 e. The average molecular weight is 182 g/mol. The molecule has 2 heteroatoms. The second kappa shape index (κ2) is 3.97. The Bertz CT molecular complexity index is 169. The molecule has 0 bridgehead atoms. The molecule has 0 aromatic heterocycles. The van der Waals surface area contributed by atoms with Crippen LogP contribution in [-0.2, 0) is 0 Å². The molecule has 2 aliphatic rings. The number of likely N-dealkylation sites (tertiary alicyclic amines) is 1. The Morgan fingerprint density at radius 2 is 2.00 bits per heavy atom. The molecule has 3 atom stereocenters. The van der Waals surface area contributed by atoms with Gasteiger partial charge in [-0.1, -0.05) is 0 Å². The molecule has 2 nitrogen and oxygen atoms in total. The maximum atomic E-state index is 3.31. The van der Waals surface area contributed by atoms with Gasteiger partial charge in [0.2, 0.25) is 0 Å². The SMILES string of the molecule is CNCC1CCC2CN(C)CC2C1. The second-order valence-electron chi connectivity index (χ2n) is 4.98. The van der Waals surface area contributed by atoms with Crippen molar-refractivity contribution in [1.29, 1.82) is 0 Å². The Hall–Kier alpha value is -0.0800. The van der Waals surface area contributed by atoms with Crippen LogP contribution >= 0.6 is 0 Å². The van der Waals surface area contributed by atoms with Gasteiger partial charge in [-0.15, -0.1) is 0 Å². The van der Waals surface area contributed by atoms with Crippen molar-refractivity contribution >= 4 is 0 Å². The van der Waals surface area contributed by atoms with Gasteiger partial charge in [0.15, 0.2) is 0 Å². The van der Waals surface area contributed by atoms with Crippen LogP contribution in [0.15, 0.2) is 0 Å². The summed E-state index contributed by atoms with van der Waals surface area (Å²) in [5.41, 5.74) is 0. The number of rotatable bonds is 2. The lowest BCUT2D eigenvalue weighted by molar-refractivity contribution is 0.222. The van der Waals surface area contributed by atoms with Crippen LogP contribution in [0.5, 0.6) is 0 Å². The predicted octanol–water partition coefficient (Wildman–Crippen LogP) is 1.18. The summed E-state index contributed by atoms with van der Waals surface area (Å²) in [5, 5.41) is 3.31. The lowest BCUT2D eigenvalue weighted by atomic mass is 9.76. The lowest BCUT2D eigenvalue weighted by Gasteiger charge is -2.30. The number of hydrogen-bond donors (Lipinski definition) is 1. The van der Waals surface area contributed by atoms with Gasteiger partial charge in [0.25, 0.3) is 0 Å². The summed E-state index contributed by atoms with van der Waals surface area (Å²) >= 11 is 0. The molecule has 76 valence electrons. The van der Waals surface area contributed by atoms with E-state index in [1.165, 1.54) is 38.9 Å². The van der Waals surface area contributed by atoms with Crippen LogP contribution in [0, 0.1) is 17.8 Å². The maximum absolute atomic E-state index is 3.31. The van der Waals surface area contributed by atoms with Gasteiger partial charge in [-0.2, -0.15) is 0 Å². The Labute approximate surface area is 81.7 Å². The molecule has 0 spiro atoms. The van der Waals surface area contributed by atoms with E-state index in [2.05, 4.69) is 24.3 Å². The molecule has 1 aliphatic carbocycles. The summed E-state index contributed by atoms with van der Waals surface area (Å²) in [4.78, 5) is 2.51. The molecule has 1 saturated heterocycles. The minimum absolute atomic E-state index is 0.956. The van der Waals surface area contributed by atoms with Crippen LogP contribution in [0.1, 0.15) is 19.3 Å². The van der Waals surface area contributed by atoms with E-state index in [-0.39, 0.29) is 0 Å². The molecule has 0 aromatic carbocycles. The van der Waals surface area contributed by atoms with Crippen molar-refractivity contribution in [2.24, 2.45) is 17.8 Å². The third-order valence-electron chi connectivity index (χ3n) is 3.83. The van der Waals surface area contributed by atoms with Crippen LogP contribution in [0.4, 0.5) is 0 Å². The van der Waals surface area contributed by atoms with Crippen molar-refractivity contribution in [2.75, 3.05) is 33.7 Å². The number of hydrogen-bond acceptors (Lipinski definition) is 2. The molecule has 2 fully saturated rings. The lowest BCUT2D eigenvalue weighted by Crippen LogP contribution is -2.29. The van der Waals surface area contributed by atoms with E-state index in [4.69, 9.17) is 0 Å². The predicted molar refractivity (Wildman–Crippen MR) is 55.7 cm³/mol. The Morgan fingerprint density at radius 3 is 2.77 bits per heavy atom. The van der Waals surface area contributed by atoms with Gasteiger partial charge < -0.3 is 10.2 Å². The van der Waals surface area contributed by atoms with E-state index < -0.39 is 0 Å². The van der Waals surface area contributed by atoms with Crippen molar-refractivity contribution < 1.29 is 0 Å². The Kier molecular flexibility index (Phi) is 2.89. The second-order valence-corrected chi connectivity index (χ2v) is 4.98. The van der Waals surface area contributed by atoms with Crippen molar-refractivity contribution in [3.05, 3.63) is 0 Å². The van der Waals surface area contributed by atoms with Gasteiger partial charge in [-0.05, 0) is 57.7 Å². The van der Waals surface area contributed by atoms with Gasteiger partial charge in [0.1, 0.15) is 0 Å². The monoisotopic (exact) mass is 182 g/mol. The molecule has 13 heavy (non-hydrogen) atoms. The van der Waals surface area contributed by atoms with Gasteiger partial charge in [0, 0.05) is 13.1 Å². The molecule has 1 heterocycles. The smallest absolute Gasteiger partial charge is 0.000996 e. The summed E-state index contributed by atoms with van der Waals surface area (Å²) < 4.78 is 0. The molecule has 0 radical (unpaired) electrons. The highest BCUT2D eigenvalue weighted by molar-refractivity contribution is 4.88. The van der Waals surface area contributed by atoms with Crippen LogP contribution < -0.4 is 5.32 Å². The van der Waals surface area contributed by atoms with E-state index in [1.807, 2.05) is 0 Å². The van der Waals surface area contributed by atoms with Gasteiger partial charge in [-0.3, -0.25) is 0 Å². The average Bonchev–Trinajstić information content (AvgIpc) is 2.44. The first kappa shape index (κ1) is 9.47. The summed E-state index contributed by atoms with van der Waals surface area (Å²) in [6.45, 7) is 3.94. The van der Waals surface area contributed by atoms with Crippen molar-refractivity contribution in [3.8, 4) is 0 Å². The molecule has 1 aliphatic heterocycles. The van der Waals surface area contributed by atoms with Crippen LogP contribution in [0.25, 0.3) is 0 Å². The standard InChI is InChI=1S/C11H22N2/c1-12-6-9-3-4-10-7-13(2)8-11(10)5-9/h9-12H,3-8H2,1-2H3. The fraction of sp³-hybridized carbons (Fsp3) is 1.00. The minimum atomic E-state index is 0.956. The normalized spacial score (nSPS) is 40.6. The Balaban J connectivity index is 1.86. The molecule has 1 N–H and O–H groups in total. The molecule has 1 saturated carbocycles. The summed E-state index contributed by atoms with van der Waals surface area (Å²) in [5.74, 6) is 2.99. The zero-order valence-corrected chi connectivity index (χ0v) is 8.92. The topological polar surface area (TPSA) is 15.3 Å². The molecular formula is C11H22N2. The molecule has 2 rings (SSSR count). The van der Waals surface area contributed by atoms with Crippen molar-refractivity contribution in [3.63, 3.8) is 0 Å². The quantitative estimate of drug-likeness (QED) is 0.690. The summed E-state index contributed by atoms with van der Waals surface area (Å²) in [6, 6.07) is 0. The van der Waals surface area contributed by atoms with Crippen molar-refractivity contribution in [1.82, 2.24) is 10.2 Å². The highest BCUT2D eigenvalue weighted by Crippen LogP contribution is 2.38. The number of fused-ring (bicyclic) bond motifs is 1. The number of nitrogens with one attached hydrogen (secondary N) is 1. The van der Waals surface area contributed by atoms with Gasteiger partial charge in [-0.25, -0.2) is 0 Å². The molecular weight excluding hydrogens is 160 g/mol. The number of nitrogens with zero attached hydrogens (tertiary/aromatic N) is 1. The van der Waals surface area contributed by atoms with Crippen LogP contribution in [0.3, 0.4) is 0 Å². The highest BCUT2D eigenvalue weighted by Gasteiger charge is 2.35. The zero-order valence-electron chi connectivity index (χ0n) is 8.92. The summed E-state index contributed by atoms with van der Waals surface area (Å²) in [7, 11) is 4.35. The van der Waals surface area contributed by atoms with Crippen molar-refractivity contribution in [2.45, 2.75) is 19.3 Å². The zero-order chi connectivity index (χ0) is 9.26. The largest absolute Gasteiger partial charge is 0.319 e.